The summed E-state index contributed by atoms with van der Waals surface area (Å²) in [6, 6.07) is 0. The number of methoxy groups -OCH3 is 1. The summed E-state index contributed by atoms with van der Waals surface area (Å²) >= 11 is 5.97. The van der Waals surface area contributed by atoms with Crippen LogP contribution in [-0.4, -0.2) is 47.3 Å². The van der Waals surface area contributed by atoms with Gasteiger partial charge < -0.3 is 15.0 Å². The average Bonchev–Trinajstić information content (AvgIpc) is 2.80. The third-order valence-corrected chi connectivity index (χ3v) is 3.11. The molecule has 0 amide bonds. The molecule has 0 aromatic carbocycles. The van der Waals surface area contributed by atoms with Gasteiger partial charge in [0.05, 0.1) is 12.1 Å². The molecule has 0 saturated carbocycles. The van der Waals surface area contributed by atoms with Crippen LogP contribution < -0.4 is 10.2 Å². The van der Waals surface area contributed by atoms with Crippen LogP contribution in [0.4, 0.5) is 11.9 Å². The summed E-state index contributed by atoms with van der Waals surface area (Å²) in [5, 5.41) is 3.44. The van der Waals surface area contributed by atoms with Gasteiger partial charge in [-0.3, -0.25) is 0 Å². The first kappa shape index (κ1) is 14.3. The number of halogens is 1. The summed E-state index contributed by atoms with van der Waals surface area (Å²) in [5.74, 6) is 1.14. The summed E-state index contributed by atoms with van der Waals surface area (Å²) in [4.78, 5) is 14.9. The third kappa shape index (κ3) is 3.91. The number of ether oxygens (including phenoxy) is 1. The Balaban J connectivity index is 2.16. The van der Waals surface area contributed by atoms with Crippen molar-refractivity contribution in [3.05, 3.63) is 5.28 Å². The molecule has 0 atom stereocenters. The minimum Gasteiger partial charge on any atom is -0.382 e. The lowest BCUT2D eigenvalue weighted by molar-refractivity contribution is 0.158. The molecular formula is C12H20ClN5O. The van der Waals surface area contributed by atoms with Gasteiger partial charge in [0, 0.05) is 20.2 Å². The van der Waals surface area contributed by atoms with E-state index in [1.807, 2.05) is 13.8 Å². The van der Waals surface area contributed by atoms with Crippen molar-refractivity contribution < 1.29 is 4.74 Å². The summed E-state index contributed by atoms with van der Waals surface area (Å²) in [6.07, 6.45) is 2.34. The Hall–Kier alpha value is -1.14. The van der Waals surface area contributed by atoms with Gasteiger partial charge in [-0.2, -0.15) is 15.0 Å². The van der Waals surface area contributed by atoms with Crippen LogP contribution in [0, 0.1) is 0 Å². The maximum absolute atomic E-state index is 5.97. The average molecular weight is 286 g/mol. The van der Waals surface area contributed by atoms with E-state index in [1.165, 1.54) is 12.8 Å². The number of rotatable bonds is 5. The first-order chi connectivity index (χ1) is 9.00. The molecule has 2 heterocycles. The number of hydrogen-bond donors (Lipinski definition) is 1. The van der Waals surface area contributed by atoms with E-state index in [-0.39, 0.29) is 10.8 Å². The first-order valence-electron chi connectivity index (χ1n) is 6.44. The Bertz CT molecular complexity index is 434. The predicted octanol–water partition coefficient (Wildman–Crippen LogP) is 1.96. The second-order valence-corrected chi connectivity index (χ2v) is 5.70. The Morgan fingerprint density at radius 3 is 2.58 bits per heavy atom. The van der Waals surface area contributed by atoms with Crippen LogP contribution in [0.2, 0.25) is 5.28 Å². The zero-order chi connectivity index (χ0) is 13.9. The maximum atomic E-state index is 5.97. The fraction of sp³-hybridized carbons (Fsp3) is 0.750. The molecule has 0 spiro atoms. The van der Waals surface area contributed by atoms with E-state index in [1.54, 1.807) is 7.11 Å². The van der Waals surface area contributed by atoms with E-state index in [0.717, 1.165) is 13.1 Å². The van der Waals surface area contributed by atoms with E-state index >= 15 is 0 Å². The van der Waals surface area contributed by atoms with Gasteiger partial charge in [0.15, 0.2) is 0 Å². The fourth-order valence-corrected chi connectivity index (χ4v) is 2.31. The Labute approximate surface area is 118 Å². The van der Waals surface area contributed by atoms with Crippen molar-refractivity contribution in [2.75, 3.05) is 37.0 Å². The standard InChI is InChI=1S/C12H20ClN5O/c1-12(2,8-19-3)17-10-14-9(13)15-11(16-10)18-6-4-5-7-18/h4-8H2,1-3H3,(H,14,15,16,17). The van der Waals surface area contributed by atoms with E-state index in [9.17, 15) is 0 Å². The van der Waals surface area contributed by atoms with Crippen LogP contribution in [0.3, 0.4) is 0 Å². The maximum Gasteiger partial charge on any atom is 0.231 e. The minimum atomic E-state index is -0.262. The highest BCUT2D eigenvalue weighted by molar-refractivity contribution is 6.28. The van der Waals surface area contributed by atoms with Crippen molar-refractivity contribution in [1.82, 2.24) is 15.0 Å². The summed E-state index contributed by atoms with van der Waals surface area (Å²) in [6.45, 7) is 6.53. The van der Waals surface area contributed by atoms with Gasteiger partial charge in [0.1, 0.15) is 0 Å². The molecule has 6 nitrogen and oxygen atoms in total. The van der Waals surface area contributed by atoms with E-state index in [2.05, 4.69) is 25.2 Å². The van der Waals surface area contributed by atoms with E-state index in [0.29, 0.717) is 18.5 Å². The molecule has 1 N–H and O–H groups in total. The van der Waals surface area contributed by atoms with Crippen molar-refractivity contribution in [1.29, 1.82) is 0 Å². The van der Waals surface area contributed by atoms with Crippen LogP contribution in [0.25, 0.3) is 0 Å². The van der Waals surface area contributed by atoms with Gasteiger partial charge in [-0.25, -0.2) is 0 Å². The predicted molar refractivity (Wildman–Crippen MR) is 75.9 cm³/mol. The summed E-state index contributed by atoms with van der Waals surface area (Å²) < 4.78 is 5.16. The van der Waals surface area contributed by atoms with Crippen LogP contribution in [-0.2, 0) is 4.74 Å². The summed E-state index contributed by atoms with van der Waals surface area (Å²) in [7, 11) is 1.67. The molecular weight excluding hydrogens is 266 g/mol. The molecule has 106 valence electrons. The number of hydrogen-bond acceptors (Lipinski definition) is 6. The van der Waals surface area contributed by atoms with Crippen molar-refractivity contribution in [3.63, 3.8) is 0 Å². The molecule has 0 unspecified atom stereocenters. The minimum absolute atomic E-state index is 0.215. The molecule has 1 fully saturated rings. The van der Waals surface area contributed by atoms with Crippen molar-refractivity contribution >= 4 is 23.5 Å². The highest BCUT2D eigenvalue weighted by Gasteiger charge is 2.21. The SMILES string of the molecule is COCC(C)(C)Nc1nc(Cl)nc(N2CCCC2)n1. The van der Waals surface area contributed by atoms with Gasteiger partial charge in [-0.05, 0) is 38.3 Å². The number of aromatic nitrogens is 3. The monoisotopic (exact) mass is 285 g/mol. The Morgan fingerprint density at radius 1 is 1.26 bits per heavy atom. The molecule has 1 aliphatic rings. The zero-order valence-corrected chi connectivity index (χ0v) is 12.4. The lowest BCUT2D eigenvalue weighted by atomic mass is 10.1. The molecule has 2 rings (SSSR count). The number of nitrogens with zero attached hydrogens (tertiary/aromatic N) is 4. The highest BCUT2D eigenvalue weighted by atomic mass is 35.5. The largest absolute Gasteiger partial charge is 0.382 e. The normalized spacial score (nSPS) is 15.9. The van der Waals surface area contributed by atoms with Gasteiger partial charge >= 0.3 is 0 Å². The number of nitrogens with one attached hydrogen (secondary N) is 1. The topological polar surface area (TPSA) is 63.2 Å². The molecule has 1 aromatic rings. The highest BCUT2D eigenvalue weighted by Crippen LogP contribution is 2.20. The molecule has 1 aromatic heterocycles. The Morgan fingerprint density at radius 2 is 1.95 bits per heavy atom. The van der Waals surface area contributed by atoms with Crippen molar-refractivity contribution in [2.45, 2.75) is 32.2 Å². The molecule has 0 aliphatic carbocycles. The Kier molecular flexibility index (Phi) is 4.42. The van der Waals surface area contributed by atoms with Crippen LogP contribution >= 0.6 is 11.6 Å². The second-order valence-electron chi connectivity index (χ2n) is 5.36. The van der Waals surface area contributed by atoms with Crippen molar-refractivity contribution in [2.24, 2.45) is 0 Å². The van der Waals surface area contributed by atoms with Crippen LogP contribution in [0.1, 0.15) is 26.7 Å². The van der Waals surface area contributed by atoms with Gasteiger partial charge in [-0.15, -0.1) is 0 Å². The van der Waals surface area contributed by atoms with Crippen LogP contribution in [0.15, 0.2) is 0 Å². The third-order valence-electron chi connectivity index (χ3n) is 2.94. The number of anilines is 2. The molecule has 0 radical (unpaired) electrons. The molecule has 0 bridgehead atoms. The first-order valence-corrected chi connectivity index (χ1v) is 6.82. The van der Waals surface area contributed by atoms with Gasteiger partial charge in [0.25, 0.3) is 0 Å². The molecule has 1 saturated heterocycles. The fourth-order valence-electron chi connectivity index (χ4n) is 2.15. The lowest BCUT2D eigenvalue weighted by Gasteiger charge is -2.25. The molecule has 19 heavy (non-hydrogen) atoms. The van der Waals surface area contributed by atoms with E-state index < -0.39 is 0 Å². The lowest BCUT2D eigenvalue weighted by Crippen LogP contribution is -2.37. The second kappa shape index (κ2) is 5.88. The van der Waals surface area contributed by atoms with Gasteiger partial charge in [-0.1, -0.05) is 0 Å². The molecule has 7 heteroatoms. The van der Waals surface area contributed by atoms with Crippen molar-refractivity contribution in [3.8, 4) is 0 Å². The summed E-state index contributed by atoms with van der Waals surface area (Å²) in [5.41, 5.74) is -0.262. The zero-order valence-electron chi connectivity index (χ0n) is 11.6. The van der Waals surface area contributed by atoms with Crippen LogP contribution in [0.5, 0.6) is 0 Å². The smallest absolute Gasteiger partial charge is 0.231 e. The quantitative estimate of drug-likeness (QED) is 0.892. The van der Waals surface area contributed by atoms with Gasteiger partial charge in [0.2, 0.25) is 17.2 Å². The van der Waals surface area contributed by atoms with E-state index in [4.69, 9.17) is 16.3 Å². The molecule has 1 aliphatic heterocycles.